The predicted octanol–water partition coefficient (Wildman–Crippen LogP) is 3.16. The van der Waals surface area contributed by atoms with Gasteiger partial charge >= 0.3 is 0 Å². The van der Waals surface area contributed by atoms with Crippen molar-refractivity contribution in [1.29, 1.82) is 0 Å². The quantitative estimate of drug-likeness (QED) is 0.839. The molecule has 0 spiro atoms. The Morgan fingerprint density at radius 1 is 1.33 bits per heavy atom. The lowest BCUT2D eigenvalue weighted by atomic mass is 10.2. The first kappa shape index (κ1) is 14.9. The number of halogens is 1. The molecule has 1 unspecified atom stereocenters. The molecule has 1 saturated carbocycles. The smallest absolute Gasteiger partial charge is 0.179 e. The highest BCUT2D eigenvalue weighted by Gasteiger charge is 2.21. The van der Waals surface area contributed by atoms with Crippen LogP contribution in [0.25, 0.3) is 0 Å². The molecule has 1 aliphatic heterocycles. The number of benzene rings is 1. The van der Waals surface area contributed by atoms with Gasteiger partial charge in [-0.1, -0.05) is 11.6 Å². The molecular weight excluding hydrogens is 290 g/mol. The third-order valence-corrected chi connectivity index (χ3v) is 4.18. The van der Waals surface area contributed by atoms with Crippen LogP contribution < -0.4 is 14.8 Å². The minimum Gasteiger partial charge on any atom is -0.493 e. The van der Waals surface area contributed by atoms with Crippen molar-refractivity contribution in [2.24, 2.45) is 0 Å². The SMILES string of the molecule is COc1cc(CNC2CC2)cc(Cl)c1OCC1CCCO1. The summed E-state index contributed by atoms with van der Waals surface area (Å²) in [5, 5.41) is 4.07. The van der Waals surface area contributed by atoms with Crippen molar-refractivity contribution in [2.45, 2.75) is 44.4 Å². The van der Waals surface area contributed by atoms with Crippen LogP contribution >= 0.6 is 11.6 Å². The van der Waals surface area contributed by atoms with Gasteiger partial charge in [0.2, 0.25) is 0 Å². The van der Waals surface area contributed by atoms with Gasteiger partial charge in [0, 0.05) is 19.2 Å². The fraction of sp³-hybridized carbons (Fsp3) is 0.625. The summed E-state index contributed by atoms with van der Waals surface area (Å²) < 4.78 is 16.8. The molecule has 3 rings (SSSR count). The molecule has 1 atom stereocenters. The van der Waals surface area contributed by atoms with Crippen LogP contribution in [0.1, 0.15) is 31.2 Å². The van der Waals surface area contributed by atoms with E-state index in [1.807, 2.05) is 12.1 Å². The molecule has 1 saturated heterocycles. The minimum absolute atomic E-state index is 0.169. The molecule has 1 aromatic rings. The van der Waals surface area contributed by atoms with Gasteiger partial charge in [0.15, 0.2) is 11.5 Å². The Labute approximate surface area is 130 Å². The van der Waals surface area contributed by atoms with Gasteiger partial charge in [-0.05, 0) is 43.4 Å². The average Bonchev–Trinajstić information content (AvgIpc) is 3.17. The van der Waals surface area contributed by atoms with Gasteiger partial charge in [0.05, 0.1) is 18.2 Å². The van der Waals surface area contributed by atoms with Crippen LogP contribution in [0.2, 0.25) is 5.02 Å². The molecule has 0 amide bonds. The molecule has 1 N–H and O–H groups in total. The second-order valence-corrected chi connectivity index (χ2v) is 6.12. The maximum Gasteiger partial charge on any atom is 0.179 e. The van der Waals surface area contributed by atoms with Crippen molar-refractivity contribution in [3.8, 4) is 11.5 Å². The Hall–Kier alpha value is -0.970. The van der Waals surface area contributed by atoms with Gasteiger partial charge in [-0.3, -0.25) is 0 Å². The van der Waals surface area contributed by atoms with Crippen molar-refractivity contribution in [3.63, 3.8) is 0 Å². The number of ether oxygens (including phenoxy) is 3. The predicted molar refractivity (Wildman–Crippen MR) is 82.3 cm³/mol. The lowest BCUT2D eigenvalue weighted by Crippen LogP contribution is -2.17. The standard InChI is InChI=1S/C16H22ClNO3/c1-19-15-8-11(9-18-12-4-5-12)7-14(17)16(15)21-10-13-3-2-6-20-13/h7-8,12-13,18H,2-6,9-10H2,1H3. The van der Waals surface area contributed by atoms with Crippen LogP contribution in [-0.4, -0.2) is 32.5 Å². The zero-order valence-electron chi connectivity index (χ0n) is 12.4. The van der Waals surface area contributed by atoms with E-state index in [1.165, 1.54) is 12.8 Å². The average molecular weight is 312 g/mol. The number of methoxy groups -OCH3 is 1. The van der Waals surface area contributed by atoms with Gasteiger partial charge in [-0.2, -0.15) is 0 Å². The molecule has 2 aliphatic rings. The Kier molecular flexibility index (Phi) is 4.88. The van der Waals surface area contributed by atoms with Gasteiger partial charge in [-0.25, -0.2) is 0 Å². The summed E-state index contributed by atoms with van der Waals surface area (Å²) in [5.41, 5.74) is 1.12. The number of hydrogen-bond donors (Lipinski definition) is 1. The molecule has 0 bridgehead atoms. The molecule has 4 nitrogen and oxygen atoms in total. The van der Waals surface area contributed by atoms with Crippen molar-refractivity contribution >= 4 is 11.6 Å². The first-order valence-electron chi connectivity index (χ1n) is 7.60. The van der Waals surface area contributed by atoms with Crippen molar-refractivity contribution in [2.75, 3.05) is 20.3 Å². The van der Waals surface area contributed by atoms with E-state index < -0.39 is 0 Å². The molecule has 0 radical (unpaired) electrons. The third-order valence-electron chi connectivity index (χ3n) is 3.90. The van der Waals surface area contributed by atoms with Gasteiger partial charge in [-0.15, -0.1) is 0 Å². The van der Waals surface area contributed by atoms with E-state index in [0.29, 0.717) is 29.2 Å². The fourth-order valence-electron chi connectivity index (χ4n) is 2.52. The van der Waals surface area contributed by atoms with E-state index in [1.54, 1.807) is 7.11 Å². The van der Waals surface area contributed by atoms with Crippen LogP contribution in [0, 0.1) is 0 Å². The molecule has 1 aromatic carbocycles. The number of hydrogen-bond acceptors (Lipinski definition) is 4. The topological polar surface area (TPSA) is 39.7 Å². The summed E-state index contributed by atoms with van der Waals surface area (Å²) in [4.78, 5) is 0. The number of nitrogens with one attached hydrogen (secondary N) is 1. The normalized spacial score (nSPS) is 21.5. The summed E-state index contributed by atoms with van der Waals surface area (Å²) in [7, 11) is 1.64. The Morgan fingerprint density at radius 2 is 2.19 bits per heavy atom. The summed E-state index contributed by atoms with van der Waals surface area (Å²) >= 11 is 6.36. The van der Waals surface area contributed by atoms with Crippen LogP contribution in [0.4, 0.5) is 0 Å². The first-order valence-corrected chi connectivity index (χ1v) is 7.98. The maximum atomic E-state index is 6.36. The van der Waals surface area contributed by atoms with Crippen LogP contribution in [0.5, 0.6) is 11.5 Å². The lowest BCUT2D eigenvalue weighted by molar-refractivity contribution is 0.0670. The van der Waals surface area contributed by atoms with E-state index in [4.69, 9.17) is 25.8 Å². The lowest BCUT2D eigenvalue weighted by Gasteiger charge is -2.16. The fourth-order valence-corrected chi connectivity index (χ4v) is 2.80. The Balaban J connectivity index is 1.65. The van der Waals surface area contributed by atoms with Crippen molar-refractivity contribution in [3.05, 3.63) is 22.7 Å². The van der Waals surface area contributed by atoms with Crippen LogP contribution in [-0.2, 0) is 11.3 Å². The second kappa shape index (κ2) is 6.86. The highest BCUT2D eigenvalue weighted by atomic mass is 35.5. The van der Waals surface area contributed by atoms with Crippen LogP contribution in [0.15, 0.2) is 12.1 Å². The van der Waals surface area contributed by atoms with E-state index in [2.05, 4.69) is 5.32 Å². The Morgan fingerprint density at radius 3 is 2.86 bits per heavy atom. The summed E-state index contributed by atoms with van der Waals surface area (Å²) in [6.07, 6.45) is 4.86. The zero-order chi connectivity index (χ0) is 14.7. The maximum absolute atomic E-state index is 6.36. The molecule has 0 aromatic heterocycles. The zero-order valence-corrected chi connectivity index (χ0v) is 13.1. The second-order valence-electron chi connectivity index (χ2n) is 5.71. The van der Waals surface area contributed by atoms with E-state index in [0.717, 1.165) is 31.6 Å². The van der Waals surface area contributed by atoms with E-state index in [9.17, 15) is 0 Å². The summed E-state index contributed by atoms with van der Waals surface area (Å²) in [6, 6.07) is 4.61. The van der Waals surface area contributed by atoms with Crippen LogP contribution in [0.3, 0.4) is 0 Å². The molecule has 5 heteroatoms. The molecule has 2 fully saturated rings. The minimum atomic E-state index is 0.169. The van der Waals surface area contributed by atoms with Crippen molar-refractivity contribution < 1.29 is 14.2 Å². The van der Waals surface area contributed by atoms with Gasteiger partial charge in [0.1, 0.15) is 6.61 Å². The summed E-state index contributed by atoms with van der Waals surface area (Å²) in [6.45, 7) is 2.16. The molecule has 116 valence electrons. The van der Waals surface area contributed by atoms with E-state index >= 15 is 0 Å². The highest BCUT2D eigenvalue weighted by Crippen LogP contribution is 2.37. The van der Waals surface area contributed by atoms with Crippen molar-refractivity contribution in [1.82, 2.24) is 5.32 Å². The number of rotatable bonds is 7. The Bertz CT molecular complexity index is 485. The third kappa shape index (κ3) is 4.02. The monoisotopic (exact) mass is 311 g/mol. The largest absolute Gasteiger partial charge is 0.493 e. The molecule has 1 aliphatic carbocycles. The molecule has 1 heterocycles. The van der Waals surface area contributed by atoms with Gasteiger partial charge < -0.3 is 19.5 Å². The summed E-state index contributed by atoms with van der Waals surface area (Å²) in [5.74, 6) is 1.30. The highest BCUT2D eigenvalue weighted by molar-refractivity contribution is 6.32. The molecular formula is C16H22ClNO3. The first-order chi connectivity index (χ1) is 10.3. The van der Waals surface area contributed by atoms with Gasteiger partial charge in [0.25, 0.3) is 0 Å². The molecule has 21 heavy (non-hydrogen) atoms. The van der Waals surface area contributed by atoms with E-state index in [-0.39, 0.29) is 6.10 Å².